The molecule has 1 saturated heterocycles. The molecule has 5 atom stereocenters. The van der Waals surface area contributed by atoms with Gasteiger partial charge in [0.25, 0.3) is 0 Å². The first-order valence-corrected chi connectivity index (χ1v) is 5.23. The van der Waals surface area contributed by atoms with Crippen molar-refractivity contribution in [1.82, 2.24) is 5.43 Å². The summed E-state index contributed by atoms with van der Waals surface area (Å²) < 4.78 is 5.78. The Hall–Kier alpha value is -0.120. The summed E-state index contributed by atoms with van der Waals surface area (Å²) in [5.41, 5.74) is 2.90. The molecular formula is C10H22N2O. The summed E-state index contributed by atoms with van der Waals surface area (Å²) in [5, 5.41) is 0. The van der Waals surface area contributed by atoms with Gasteiger partial charge in [-0.15, -0.1) is 0 Å². The van der Waals surface area contributed by atoms with E-state index in [1.807, 2.05) is 0 Å². The van der Waals surface area contributed by atoms with Gasteiger partial charge in [-0.1, -0.05) is 13.8 Å². The molecule has 1 fully saturated rings. The molecule has 1 rings (SSSR count). The van der Waals surface area contributed by atoms with Gasteiger partial charge >= 0.3 is 0 Å². The quantitative estimate of drug-likeness (QED) is 0.516. The molecule has 13 heavy (non-hydrogen) atoms. The second-order valence-corrected chi connectivity index (χ2v) is 4.16. The number of nitrogens with two attached hydrogens (primary N) is 1. The van der Waals surface area contributed by atoms with Crippen molar-refractivity contribution >= 4 is 0 Å². The van der Waals surface area contributed by atoms with Crippen molar-refractivity contribution in [3.8, 4) is 0 Å². The van der Waals surface area contributed by atoms with Gasteiger partial charge < -0.3 is 4.74 Å². The topological polar surface area (TPSA) is 47.3 Å². The minimum Gasteiger partial charge on any atom is -0.375 e. The van der Waals surface area contributed by atoms with E-state index in [4.69, 9.17) is 10.6 Å². The van der Waals surface area contributed by atoms with Crippen LogP contribution in [0.4, 0.5) is 0 Å². The van der Waals surface area contributed by atoms with Crippen LogP contribution in [-0.2, 0) is 4.74 Å². The first-order chi connectivity index (χ1) is 6.11. The van der Waals surface area contributed by atoms with Crippen LogP contribution < -0.4 is 11.3 Å². The molecule has 0 amide bonds. The van der Waals surface area contributed by atoms with Gasteiger partial charge in [0.1, 0.15) is 0 Å². The second kappa shape index (κ2) is 4.40. The van der Waals surface area contributed by atoms with Crippen molar-refractivity contribution in [2.45, 2.75) is 52.4 Å². The molecule has 3 N–H and O–H groups in total. The van der Waals surface area contributed by atoms with E-state index in [9.17, 15) is 0 Å². The molecule has 0 aromatic carbocycles. The van der Waals surface area contributed by atoms with E-state index in [0.29, 0.717) is 30.1 Å². The highest BCUT2D eigenvalue weighted by molar-refractivity contribution is 4.90. The Balaban J connectivity index is 2.66. The smallest absolute Gasteiger partial charge is 0.0597 e. The van der Waals surface area contributed by atoms with E-state index in [2.05, 4.69) is 33.1 Å². The fourth-order valence-electron chi connectivity index (χ4n) is 2.49. The van der Waals surface area contributed by atoms with Gasteiger partial charge in [-0.2, -0.15) is 0 Å². The SMILES string of the molecule is CCC(NN)C1C(C)OC(C)C1C. The summed E-state index contributed by atoms with van der Waals surface area (Å²) in [6.07, 6.45) is 1.75. The Labute approximate surface area is 81.0 Å². The van der Waals surface area contributed by atoms with Crippen molar-refractivity contribution in [2.75, 3.05) is 0 Å². The molecule has 3 nitrogen and oxygen atoms in total. The average molecular weight is 186 g/mol. The van der Waals surface area contributed by atoms with Gasteiger partial charge in [-0.25, -0.2) is 0 Å². The lowest BCUT2D eigenvalue weighted by molar-refractivity contribution is 0.0474. The van der Waals surface area contributed by atoms with E-state index < -0.39 is 0 Å². The Bertz CT molecular complexity index is 159. The van der Waals surface area contributed by atoms with E-state index in [1.165, 1.54) is 0 Å². The lowest BCUT2D eigenvalue weighted by atomic mass is 9.83. The molecule has 3 heteroatoms. The highest BCUT2D eigenvalue weighted by atomic mass is 16.5. The largest absolute Gasteiger partial charge is 0.375 e. The summed E-state index contributed by atoms with van der Waals surface area (Å²) in [6.45, 7) is 8.70. The van der Waals surface area contributed by atoms with Crippen molar-refractivity contribution < 1.29 is 4.74 Å². The number of hydrogen-bond acceptors (Lipinski definition) is 3. The standard InChI is InChI=1S/C10H22N2O/c1-5-9(12-11)10-6(2)7(3)13-8(10)4/h6-10,12H,5,11H2,1-4H3. The minimum atomic E-state index is 0.325. The fraction of sp³-hybridized carbons (Fsp3) is 1.00. The number of nitrogens with one attached hydrogen (secondary N) is 1. The maximum absolute atomic E-state index is 5.78. The monoisotopic (exact) mass is 186 g/mol. The lowest BCUT2D eigenvalue weighted by Gasteiger charge is -2.27. The van der Waals surface area contributed by atoms with Crippen LogP contribution in [0.25, 0.3) is 0 Å². The number of rotatable bonds is 3. The van der Waals surface area contributed by atoms with Gasteiger partial charge in [-0.3, -0.25) is 11.3 Å². The number of hydrogen-bond donors (Lipinski definition) is 2. The molecule has 0 spiro atoms. The molecule has 0 radical (unpaired) electrons. The molecule has 78 valence electrons. The number of ether oxygens (including phenoxy) is 1. The van der Waals surface area contributed by atoms with Crippen molar-refractivity contribution in [3.63, 3.8) is 0 Å². The zero-order valence-corrected chi connectivity index (χ0v) is 9.08. The normalized spacial score (nSPS) is 42.2. The van der Waals surface area contributed by atoms with Crippen LogP contribution in [0.5, 0.6) is 0 Å². The third kappa shape index (κ3) is 2.03. The molecule has 0 saturated carbocycles. The van der Waals surface area contributed by atoms with Crippen LogP contribution >= 0.6 is 0 Å². The summed E-state index contributed by atoms with van der Waals surface area (Å²) >= 11 is 0. The third-order valence-corrected chi connectivity index (χ3v) is 3.44. The Kier molecular flexibility index (Phi) is 3.71. The number of hydrazine groups is 1. The van der Waals surface area contributed by atoms with Crippen molar-refractivity contribution in [3.05, 3.63) is 0 Å². The summed E-state index contributed by atoms with van der Waals surface area (Å²) in [4.78, 5) is 0. The van der Waals surface area contributed by atoms with Gasteiger partial charge in [0.15, 0.2) is 0 Å². The molecule has 1 heterocycles. The van der Waals surface area contributed by atoms with Crippen LogP contribution in [-0.4, -0.2) is 18.2 Å². The van der Waals surface area contributed by atoms with Crippen LogP contribution in [0, 0.1) is 11.8 Å². The molecule has 0 aliphatic carbocycles. The highest BCUT2D eigenvalue weighted by Crippen LogP contribution is 2.34. The zero-order valence-electron chi connectivity index (χ0n) is 9.08. The van der Waals surface area contributed by atoms with E-state index in [1.54, 1.807) is 0 Å². The molecule has 0 aromatic rings. The third-order valence-electron chi connectivity index (χ3n) is 3.44. The summed E-state index contributed by atoms with van der Waals surface area (Å²) in [5.74, 6) is 6.67. The van der Waals surface area contributed by atoms with Crippen LogP contribution in [0.1, 0.15) is 34.1 Å². The minimum absolute atomic E-state index is 0.325. The van der Waals surface area contributed by atoms with Gasteiger partial charge in [-0.05, 0) is 26.2 Å². The van der Waals surface area contributed by atoms with Crippen molar-refractivity contribution in [2.24, 2.45) is 17.7 Å². The highest BCUT2D eigenvalue weighted by Gasteiger charge is 2.40. The molecule has 1 aliphatic rings. The first kappa shape index (κ1) is 11.0. The van der Waals surface area contributed by atoms with Gasteiger partial charge in [0.05, 0.1) is 12.2 Å². The Morgan fingerprint density at radius 2 is 1.92 bits per heavy atom. The van der Waals surface area contributed by atoms with Crippen LogP contribution in [0.2, 0.25) is 0 Å². The predicted octanol–water partition coefficient (Wildman–Crippen LogP) is 1.29. The maximum atomic E-state index is 5.78. The average Bonchev–Trinajstić information content (AvgIpc) is 2.34. The second-order valence-electron chi connectivity index (χ2n) is 4.16. The predicted molar refractivity (Wildman–Crippen MR) is 54.1 cm³/mol. The van der Waals surface area contributed by atoms with Gasteiger partial charge in [0, 0.05) is 12.0 Å². The van der Waals surface area contributed by atoms with Gasteiger partial charge in [0.2, 0.25) is 0 Å². The maximum Gasteiger partial charge on any atom is 0.0597 e. The molecule has 0 bridgehead atoms. The molecule has 5 unspecified atom stereocenters. The lowest BCUT2D eigenvalue weighted by Crippen LogP contribution is -2.44. The van der Waals surface area contributed by atoms with Crippen molar-refractivity contribution in [1.29, 1.82) is 0 Å². The van der Waals surface area contributed by atoms with E-state index in [0.717, 1.165) is 6.42 Å². The Morgan fingerprint density at radius 1 is 1.31 bits per heavy atom. The van der Waals surface area contributed by atoms with E-state index in [-0.39, 0.29) is 0 Å². The molecular weight excluding hydrogens is 164 g/mol. The van der Waals surface area contributed by atoms with E-state index >= 15 is 0 Å². The zero-order chi connectivity index (χ0) is 10.0. The first-order valence-electron chi connectivity index (χ1n) is 5.23. The summed E-state index contributed by atoms with van der Waals surface area (Å²) in [6, 6.07) is 0.384. The molecule has 0 aromatic heterocycles. The Morgan fingerprint density at radius 3 is 2.23 bits per heavy atom. The fourth-order valence-corrected chi connectivity index (χ4v) is 2.49. The summed E-state index contributed by atoms with van der Waals surface area (Å²) in [7, 11) is 0. The molecule has 1 aliphatic heterocycles. The van der Waals surface area contributed by atoms with Crippen LogP contribution in [0.3, 0.4) is 0 Å². The van der Waals surface area contributed by atoms with Crippen LogP contribution in [0.15, 0.2) is 0 Å².